The zero-order chi connectivity index (χ0) is 21.3. The highest BCUT2D eigenvalue weighted by Gasteiger charge is 2.21. The quantitative estimate of drug-likeness (QED) is 0.782. The van der Waals surface area contributed by atoms with Crippen molar-refractivity contribution in [2.24, 2.45) is 4.99 Å². The van der Waals surface area contributed by atoms with Gasteiger partial charge in [0.05, 0.1) is 31.2 Å². The van der Waals surface area contributed by atoms with Crippen molar-refractivity contribution < 1.29 is 13.9 Å². The molecule has 0 unspecified atom stereocenters. The molecule has 5 nitrogen and oxygen atoms in total. The molecule has 0 saturated carbocycles. The lowest BCUT2D eigenvalue weighted by Gasteiger charge is -2.30. The number of ether oxygens (including phenoxy) is 2. The summed E-state index contributed by atoms with van der Waals surface area (Å²) in [5.74, 6) is 1.88. The van der Waals surface area contributed by atoms with Crippen molar-refractivity contribution in [1.82, 2.24) is 10.2 Å². The minimum atomic E-state index is -0.217. The molecule has 0 aromatic heterocycles. The number of hydrogen-bond donors (Lipinski definition) is 1. The second-order valence-corrected chi connectivity index (χ2v) is 7.34. The van der Waals surface area contributed by atoms with Gasteiger partial charge in [-0.2, -0.15) is 0 Å². The Morgan fingerprint density at radius 2 is 2.07 bits per heavy atom. The first-order valence-corrected chi connectivity index (χ1v) is 9.71. The van der Waals surface area contributed by atoms with E-state index in [1.165, 1.54) is 6.07 Å². The smallest absolute Gasteiger partial charge is 0.208 e. The van der Waals surface area contributed by atoms with Crippen LogP contribution in [0, 0.1) is 19.7 Å². The molecule has 0 aliphatic carbocycles. The first-order valence-electron chi connectivity index (χ1n) is 9.71. The van der Waals surface area contributed by atoms with Crippen LogP contribution in [0.3, 0.4) is 0 Å². The second kappa shape index (κ2) is 8.06. The molecule has 0 fully saturated rings. The minimum absolute atomic E-state index is 0.217. The number of rotatable bonds is 4. The number of aliphatic imine (C=N–C) groups is 1. The molecule has 2 heterocycles. The van der Waals surface area contributed by atoms with Gasteiger partial charge in [0, 0.05) is 5.56 Å². The molecule has 1 N–H and O–H groups in total. The van der Waals surface area contributed by atoms with Gasteiger partial charge in [-0.3, -0.25) is 0 Å². The standard InChI is InChI=1S/C24H24FN3O2/c1-15-10-18(7-8-20(15)25)13-28-14-23(29-4)17(3)26-24(28)27-21-12-19-6-5-9-30-22(19)11-16(21)2/h5-8,10-12,14H,3,9,13H2,1-2,4H3,(H,26,27). The third kappa shape index (κ3) is 3.94. The van der Waals surface area contributed by atoms with E-state index in [9.17, 15) is 4.39 Å². The predicted octanol–water partition coefficient (Wildman–Crippen LogP) is 4.94. The average Bonchev–Trinajstić information content (AvgIpc) is 2.73. The number of hydrogen-bond acceptors (Lipinski definition) is 3. The van der Waals surface area contributed by atoms with Crippen molar-refractivity contribution in [3.8, 4) is 5.75 Å². The maximum Gasteiger partial charge on any atom is 0.208 e. The van der Waals surface area contributed by atoms with E-state index in [1.807, 2.05) is 48.4 Å². The Morgan fingerprint density at radius 3 is 2.83 bits per heavy atom. The third-order valence-corrected chi connectivity index (χ3v) is 5.09. The summed E-state index contributed by atoms with van der Waals surface area (Å²) < 4.78 is 24.8. The van der Waals surface area contributed by atoms with Gasteiger partial charge in [0.2, 0.25) is 5.96 Å². The normalized spacial score (nSPS) is 16.7. The van der Waals surface area contributed by atoms with Crippen LogP contribution in [0.15, 0.2) is 65.6 Å². The molecule has 0 saturated heterocycles. The van der Waals surface area contributed by atoms with E-state index >= 15 is 0 Å². The fraction of sp³-hybridized carbons (Fsp3) is 0.208. The van der Waals surface area contributed by atoms with E-state index in [4.69, 9.17) is 14.5 Å². The highest BCUT2D eigenvalue weighted by atomic mass is 19.1. The lowest BCUT2D eigenvalue weighted by molar-refractivity contribution is 0.282. The van der Waals surface area contributed by atoms with Crippen molar-refractivity contribution in [2.45, 2.75) is 20.4 Å². The number of fused-ring (bicyclic) bond motifs is 1. The Bertz CT molecular complexity index is 1100. The van der Waals surface area contributed by atoms with Crippen LogP contribution in [-0.2, 0) is 11.3 Å². The Labute approximate surface area is 175 Å². The van der Waals surface area contributed by atoms with E-state index in [-0.39, 0.29) is 5.82 Å². The third-order valence-electron chi connectivity index (χ3n) is 5.09. The molecular formula is C24H24FN3O2. The highest BCUT2D eigenvalue weighted by Crippen LogP contribution is 2.32. The molecule has 30 heavy (non-hydrogen) atoms. The van der Waals surface area contributed by atoms with Gasteiger partial charge in [0.1, 0.15) is 18.2 Å². The maximum atomic E-state index is 13.7. The number of aryl methyl sites for hydroxylation is 2. The zero-order valence-electron chi connectivity index (χ0n) is 17.3. The van der Waals surface area contributed by atoms with Gasteiger partial charge in [0.25, 0.3) is 0 Å². The van der Waals surface area contributed by atoms with Gasteiger partial charge < -0.3 is 19.7 Å². The molecule has 4 rings (SSSR count). The van der Waals surface area contributed by atoms with Gasteiger partial charge in [-0.25, -0.2) is 9.38 Å². The summed E-state index contributed by atoms with van der Waals surface area (Å²) in [6.07, 6.45) is 5.87. The summed E-state index contributed by atoms with van der Waals surface area (Å²) in [4.78, 5) is 6.81. The van der Waals surface area contributed by atoms with E-state index in [1.54, 1.807) is 20.1 Å². The molecule has 0 spiro atoms. The van der Waals surface area contributed by atoms with Gasteiger partial charge in [0.15, 0.2) is 5.76 Å². The molecule has 6 heteroatoms. The van der Waals surface area contributed by atoms with Crippen molar-refractivity contribution in [3.05, 3.63) is 88.7 Å². The molecule has 0 amide bonds. The summed E-state index contributed by atoms with van der Waals surface area (Å²) >= 11 is 0. The number of guanidine groups is 1. The Morgan fingerprint density at radius 1 is 1.23 bits per heavy atom. The monoisotopic (exact) mass is 405 g/mol. The largest absolute Gasteiger partial charge is 0.493 e. The molecule has 154 valence electrons. The van der Waals surface area contributed by atoms with Gasteiger partial charge in [-0.15, -0.1) is 0 Å². The molecule has 0 bridgehead atoms. The lowest BCUT2D eigenvalue weighted by atomic mass is 10.1. The summed E-state index contributed by atoms with van der Waals surface area (Å²) in [5, 5.41) is 3.23. The lowest BCUT2D eigenvalue weighted by Crippen LogP contribution is -2.41. The van der Waals surface area contributed by atoms with E-state index in [0.29, 0.717) is 36.1 Å². The summed E-state index contributed by atoms with van der Waals surface area (Å²) in [7, 11) is 1.60. The van der Waals surface area contributed by atoms with E-state index in [0.717, 1.165) is 28.1 Å². The molecule has 0 atom stereocenters. The van der Waals surface area contributed by atoms with Crippen LogP contribution in [0.4, 0.5) is 10.1 Å². The van der Waals surface area contributed by atoms with Crippen LogP contribution in [0.5, 0.6) is 5.75 Å². The Kier molecular flexibility index (Phi) is 5.31. The summed E-state index contributed by atoms with van der Waals surface area (Å²) in [5.41, 5.74) is 5.02. The number of nitrogens with one attached hydrogen (secondary N) is 1. The predicted molar refractivity (Wildman–Crippen MR) is 117 cm³/mol. The topological polar surface area (TPSA) is 46.1 Å². The first kappa shape index (κ1) is 19.8. The van der Waals surface area contributed by atoms with Crippen molar-refractivity contribution in [2.75, 3.05) is 13.7 Å². The van der Waals surface area contributed by atoms with Crippen LogP contribution in [0.1, 0.15) is 22.3 Å². The van der Waals surface area contributed by atoms with E-state index < -0.39 is 0 Å². The maximum absolute atomic E-state index is 13.7. The highest BCUT2D eigenvalue weighted by molar-refractivity contribution is 5.88. The van der Waals surface area contributed by atoms with Gasteiger partial charge in [-0.1, -0.05) is 24.8 Å². The zero-order valence-corrected chi connectivity index (χ0v) is 17.3. The van der Waals surface area contributed by atoms with Crippen molar-refractivity contribution >= 4 is 17.7 Å². The molecule has 2 aliphatic rings. The second-order valence-electron chi connectivity index (χ2n) is 7.34. The van der Waals surface area contributed by atoms with Crippen molar-refractivity contribution in [1.29, 1.82) is 0 Å². The Hall–Kier alpha value is -3.54. The van der Waals surface area contributed by atoms with Gasteiger partial charge in [-0.05, 0) is 54.8 Å². The average molecular weight is 405 g/mol. The molecule has 2 aromatic rings. The van der Waals surface area contributed by atoms with Crippen LogP contribution in [-0.4, -0.2) is 24.6 Å². The van der Waals surface area contributed by atoms with Crippen LogP contribution < -0.4 is 10.1 Å². The summed E-state index contributed by atoms with van der Waals surface area (Å²) in [6.45, 7) is 8.87. The van der Waals surface area contributed by atoms with Crippen LogP contribution in [0.2, 0.25) is 0 Å². The number of benzene rings is 2. The molecule has 2 aliphatic heterocycles. The Balaban J connectivity index is 1.72. The number of methoxy groups -OCH3 is 1. The summed E-state index contributed by atoms with van der Waals surface area (Å²) in [6, 6.07) is 9.10. The molecular weight excluding hydrogens is 381 g/mol. The van der Waals surface area contributed by atoms with Crippen LogP contribution >= 0.6 is 0 Å². The fourth-order valence-electron chi connectivity index (χ4n) is 3.43. The van der Waals surface area contributed by atoms with Gasteiger partial charge >= 0.3 is 0 Å². The van der Waals surface area contributed by atoms with E-state index in [2.05, 4.69) is 11.9 Å². The SMILES string of the molecule is C=C1NC(=Nc2cc3c(cc2C)OCC=C3)N(Cc2ccc(F)c(C)c2)C=C1OC. The number of halogens is 1. The molecule has 2 aromatic carbocycles. The fourth-order valence-corrected chi connectivity index (χ4v) is 3.43. The minimum Gasteiger partial charge on any atom is -0.493 e. The van der Waals surface area contributed by atoms with Crippen molar-refractivity contribution in [3.63, 3.8) is 0 Å². The first-order chi connectivity index (χ1) is 14.4. The number of nitrogens with zero attached hydrogens (tertiary/aromatic N) is 2. The van der Waals surface area contributed by atoms with Crippen LogP contribution in [0.25, 0.3) is 6.08 Å². The molecule has 0 radical (unpaired) electrons.